The van der Waals surface area contributed by atoms with Crippen LogP contribution in [0.15, 0.2) is 54.6 Å². The van der Waals surface area contributed by atoms with E-state index in [1.807, 2.05) is 39.0 Å². The minimum Gasteiger partial charge on any atom is -0.481 e. The first-order valence-electron chi connectivity index (χ1n) is 10.9. The zero-order valence-corrected chi connectivity index (χ0v) is 21.0. The number of carbonyl (C=O) groups is 2. The number of halogens is 2. The molecule has 3 rings (SSSR count). The highest BCUT2D eigenvalue weighted by molar-refractivity contribution is 6.42. The van der Waals surface area contributed by atoms with E-state index in [1.54, 1.807) is 30.3 Å². The molecule has 0 bridgehead atoms. The summed E-state index contributed by atoms with van der Waals surface area (Å²) in [5.74, 6) is -1.50. The molecule has 3 N–H and O–H groups in total. The number of aromatic nitrogens is 2. The summed E-state index contributed by atoms with van der Waals surface area (Å²) in [6.45, 7) is 5.65. The molecule has 0 radical (unpaired) electrons. The number of benzene rings is 2. The highest BCUT2D eigenvalue weighted by atomic mass is 35.5. The average Bonchev–Trinajstić information content (AvgIpc) is 3.23. The predicted octanol–water partition coefficient (Wildman–Crippen LogP) is 4.91. The third kappa shape index (κ3) is 6.75. The smallest absolute Gasteiger partial charge is 0.305 e. The molecule has 0 saturated heterocycles. The third-order valence-corrected chi connectivity index (χ3v) is 6.17. The van der Waals surface area contributed by atoms with Crippen LogP contribution in [-0.2, 0) is 4.79 Å². The van der Waals surface area contributed by atoms with Gasteiger partial charge in [0.25, 0.3) is 5.91 Å². The molecular weight excluding hydrogens is 493 g/mol. The van der Waals surface area contributed by atoms with Crippen molar-refractivity contribution in [3.05, 3.63) is 75.9 Å². The zero-order valence-electron chi connectivity index (χ0n) is 19.5. The Kier molecular flexibility index (Phi) is 8.43. The molecule has 8 nitrogen and oxygen atoms in total. The minimum atomic E-state index is -1.12. The van der Waals surface area contributed by atoms with Gasteiger partial charge in [0.05, 0.1) is 34.3 Å². The van der Waals surface area contributed by atoms with Crippen molar-refractivity contribution in [3.63, 3.8) is 0 Å². The summed E-state index contributed by atoms with van der Waals surface area (Å²) in [5, 5.41) is 27.2. The largest absolute Gasteiger partial charge is 0.481 e. The number of nitrogens with zero attached hydrogens (tertiary/aromatic N) is 2. The van der Waals surface area contributed by atoms with Gasteiger partial charge in [-0.2, -0.15) is 5.10 Å². The number of aliphatic hydroxyl groups is 1. The predicted molar refractivity (Wildman–Crippen MR) is 133 cm³/mol. The van der Waals surface area contributed by atoms with Gasteiger partial charge < -0.3 is 20.3 Å². The van der Waals surface area contributed by atoms with Crippen LogP contribution in [0.4, 0.5) is 0 Å². The Hall–Kier alpha value is -3.07. The molecule has 0 spiro atoms. The Balaban J connectivity index is 1.92. The van der Waals surface area contributed by atoms with Crippen LogP contribution in [0.3, 0.4) is 0 Å². The zero-order chi connectivity index (χ0) is 25.8. The van der Waals surface area contributed by atoms with Crippen LogP contribution in [-0.4, -0.2) is 44.6 Å². The lowest BCUT2D eigenvalue weighted by atomic mass is 9.90. The molecule has 3 aromatic rings. The first-order chi connectivity index (χ1) is 16.5. The lowest BCUT2D eigenvalue weighted by Gasteiger charge is -2.25. The number of aliphatic carboxylic acids is 1. The fourth-order valence-corrected chi connectivity index (χ4v) is 3.62. The average molecular weight is 520 g/mol. The quantitative estimate of drug-likeness (QED) is 0.370. The second-order valence-electron chi connectivity index (χ2n) is 9.07. The van der Waals surface area contributed by atoms with E-state index in [0.717, 1.165) is 0 Å². The maximum absolute atomic E-state index is 13.1. The molecule has 35 heavy (non-hydrogen) atoms. The van der Waals surface area contributed by atoms with Gasteiger partial charge in [0.15, 0.2) is 5.69 Å². The van der Waals surface area contributed by atoms with Crippen molar-refractivity contribution in [2.75, 3.05) is 6.61 Å². The molecule has 10 heteroatoms. The van der Waals surface area contributed by atoms with Gasteiger partial charge in [-0.15, -0.1) is 0 Å². The van der Waals surface area contributed by atoms with Crippen molar-refractivity contribution in [2.45, 2.75) is 39.3 Å². The van der Waals surface area contributed by atoms with Crippen LogP contribution in [0, 0.1) is 5.41 Å². The Morgan fingerprint density at radius 2 is 1.80 bits per heavy atom. The molecular formula is C25H27Cl2N3O5. The van der Waals surface area contributed by atoms with Crippen molar-refractivity contribution in [3.8, 4) is 11.6 Å². The number of aliphatic hydroxyl groups excluding tert-OH is 1. The lowest BCUT2D eigenvalue weighted by Crippen LogP contribution is -2.32. The summed E-state index contributed by atoms with van der Waals surface area (Å²) < 4.78 is 7.28. The molecule has 0 unspecified atom stereocenters. The van der Waals surface area contributed by atoms with E-state index in [1.165, 1.54) is 10.7 Å². The number of rotatable bonds is 9. The molecule has 0 saturated carbocycles. The molecule has 1 aromatic heterocycles. The van der Waals surface area contributed by atoms with E-state index in [2.05, 4.69) is 10.4 Å². The number of ether oxygens (including phenoxy) is 1. The van der Waals surface area contributed by atoms with Crippen molar-refractivity contribution in [2.24, 2.45) is 5.41 Å². The maximum atomic E-state index is 13.1. The number of para-hydroxylation sites is 1. The van der Waals surface area contributed by atoms with Crippen molar-refractivity contribution in [1.29, 1.82) is 0 Å². The van der Waals surface area contributed by atoms with Crippen molar-refractivity contribution < 1.29 is 24.5 Å². The van der Waals surface area contributed by atoms with Gasteiger partial charge in [0.2, 0.25) is 5.88 Å². The van der Waals surface area contributed by atoms with E-state index in [0.29, 0.717) is 11.3 Å². The van der Waals surface area contributed by atoms with Crippen LogP contribution in [0.1, 0.15) is 49.3 Å². The molecule has 1 heterocycles. The summed E-state index contributed by atoms with van der Waals surface area (Å²) in [4.78, 5) is 24.6. The Morgan fingerprint density at radius 1 is 1.11 bits per heavy atom. The van der Waals surface area contributed by atoms with Crippen molar-refractivity contribution in [1.82, 2.24) is 15.1 Å². The lowest BCUT2D eigenvalue weighted by molar-refractivity contribution is -0.137. The molecule has 0 aliphatic heterocycles. The van der Waals surface area contributed by atoms with E-state index in [4.69, 9.17) is 27.9 Å². The fraction of sp³-hybridized carbons (Fsp3) is 0.320. The van der Waals surface area contributed by atoms with Gasteiger partial charge in [0, 0.05) is 6.07 Å². The number of hydrogen-bond donors (Lipinski definition) is 3. The summed E-state index contributed by atoms with van der Waals surface area (Å²) >= 11 is 12.4. The number of nitrogens with one attached hydrogen (secondary N) is 1. The topological polar surface area (TPSA) is 114 Å². The third-order valence-electron chi connectivity index (χ3n) is 5.34. The second-order valence-corrected chi connectivity index (χ2v) is 9.86. The minimum absolute atomic E-state index is 0.00245. The van der Waals surface area contributed by atoms with E-state index in [9.17, 15) is 19.8 Å². The van der Waals surface area contributed by atoms with Crippen LogP contribution >= 0.6 is 23.2 Å². The first-order valence-corrected chi connectivity index (χ1v) is 11.7. The molecule has 186 valence electrons. The number of carboxylic acid groups (broad SMARTS) is 1. The Labute approximate surface area is 213 Å². The molecule has 0 aliphatic rings. The first kappa shape index (κ1) is 26.5. The Bertz CT molecular complexity index is 1190. The number of carbonyl (C=O) groups excluding carboxylic acids is 1. The van der Waals surface area contributed by atoms with Crippen LogP contribution in [0.5, 0.6) is 5.88 Å². The van der Waals surface area contributed by atoms with Crippen LogP contribution in [0.25, 0.3) is 5.69 Å². The molecule has 1 amide bonds. The van der Waals surface area contributed by atoms with Gasteiger partial charge in [0.1, 0.15) is 6.61 Å². The standard InChI is InChI=1S/C25H27Cl2N3O5/c1-25(2,3)20(31)14-35-21-12-19(29-30(21)15-8-5-4-6-9-15)24(34)28-18(13-22(32)33)16-10-7-11-17(26)23(16)27/h4-12,18,20,31H,13-14H2,1-3H3,(H,28,34)(H,32,33)/t18-,20-/m0/s1. The monoisotopic (exact) mass is 519 g/mol. The SMILES string of the molecule is CC(C)(C)[C@@H](O)COc1cc(C(=O)N[C@@H](CC(=O)O)c2cccc(Cl)c2Cl)nn1-c1ccccc1. The van der Waals surface area contributed by atoms with E-state index in [-0.39, 0.29) is 28.2 Å². The summed E-state index contributed by atoms with van der Waals surface area (Å²) in [7, 11) is 0. The number of hydrogen-bond acceptors (Lipinski definition) is 5. The fourth-order valence-electron chi connectivity index (χ4n) is 3.18. The highest BCUT2D eigenvalue weighted by Crippen LogP contribution is 2.32. The van der Waals surface area contributed by atoms with Gasteiger partial charge in [-0.3, -0.25) is 9.59 Å². The number of carboxylic acids is 1. The summed E-state index contributed by atoms with van der Waals surface area (Å²) in [5.41, 5.74) is 0.620. The van der Waals surface area contributed by atoms with Gasteiger partial charge in [-0.25, -0.2) is 4.68 Å². The van der Waals surface area contributed by atoms with Crippen molar-refractivity contribution >= 4 is 35.1 Å². The maximum Gasteiger partial charge on any atom is 0.305 e. The summed E-state index contributed by atoms with van der Waals surface area (Å²) in [6, 6.07) is 14.4. The van der Waals surface area contributed by atoms with Gasteiger partial charge >= 0.3 is 5.97 Å². The second kappa shape index (κ2) is 11.1. The van der Waals surface area contributed by atoms with Gasteiger partial charge in [-0.1, -0.05) is 74.3 Å². The van der Waals surface area contributed by atoms with E-state index >= 15 is 0 Å². The molecule has 0 fully saturated rings. The molecule has 2 aromatic carbocycles. The number of amides is 1. The summed E-state index contributed by atoms with van der Waals surface area (Å²) in [6.07, 6.45) is -1.17. The molecule has 0 aliphatic carbocycles. The van der Waals surface area contributed by atoms with Crippen LogP contribution in [0.2, 0.25) is 10.0 Å². The van der Waals surface area contributed by atoms with Gasteiger partial charge in [-0.05, 0) is 29.2 Å². The molecule has 2 atom stereocenters. The van der Waals surface area contributed by atoms with Crippen LogP contribution < -0.4 is 10.1 Å². The Morgan fingerprint density at radius 3 is 2.43 bits per heavy atom. The highest BCUT2D eigenvalue weighted by Gasteiger charge is 2.26. The van der Waals surface area contributed by atoms with E-state index < -0.39 is 35.9 Å². The normalized spacial score (nSPS) is 13.2.